The first-order valence-electron chi connectivity index (χ1n) is 19.6. The molecule has 0 unspecified atom stereocenters. The maximum absolute atomic E-state index is 14.8. The van der Waals surface area contributed by atoms with Gasteiger partial charge in [0.25, 0.3) is 0 Å². The number of pyridine rings is 1. The van der Waals surface area contributed by atoms with Crippen molar-refractivity contribution in [2.24, 2.45) is 0 Å². The Kier molecular flexibility index (Phi) is 10.5. The molecule has 2 aromatic carbocycles. The summed E-state index contributed by atoms with van der Waals surface area (Å²) in [6.07, 6.45) is 17.5. The van der Waals surface area contributed by atoms with Crippen LogP contribution in [0, 0.1) is 23.5 Å². The molecule has 0 radical (unpaired) electrons. The Morgan fingerprint density at radius 1 is 0.865 bits per heavy atom. The third-order valence-corrected chi connectivity index (χ3v) is 12.4. The molecule has 1 saturated heterocycles. The Labute approximate surface area is 307 Å². The molecule has 0 bridgehead atoms. The van der Waals surface area contributed by atoms with Gasteiger partial charge in [0, 0.05) is 29.9 Å². The number of nitrogens with one attached hydrogen (secondary N) is 1. The van der Waals surface area contributed by atoms with E-state index in [1.165, 1.54) is 57.1 Å². The Morgan fingerprint density at radius 2 is 1.56 bits per heavy atom. The number of anilines is 1. The van der Waals surface area contributed by atoms with Crippen molar-refractivity contribution in [3.8, 4) is 11.8 Å². The average molecular weight is 707 g/mol. The number of nitrogens with zero attached hydrogens (tertiary/aromatic N) is 3. The van der Waals surface area contributed by atoms with Crippen LogP contribution in [0.5, 0.6) is 0 Å². The fourth-order valence-electron chi connectivity index (χ4n) is 9.54. The molecule has 7 rings (SSSR count). The smallest absolute Gasteiger partial charge is 0.244 e. The summed E-state index contributed by atoms with van der Waals surface area (Å²) in [5, 5.41) is 2.97. The summed E-state index contributed by atoms with van der Waals surface area (Å²) < 4.78 is 29.5. The van der Waals surface area contributed by atoms with E-state index in [1.54, 1.807) is 6.20 Å². The van der Waals surface area contributed by atoms with Gasteiger partial charge in [-0.3, -0.25) is 14.5 Å². The Morgan fingerprint density at radius 3 is 2.29 bits per heavy atom. The van der Waals surface area contributed by atoms with Gasteiger partial charge in [0.2, 0.25) is 11.8 Å². The van der Waals surface area contributed by atoms with Gasteiger partial charge >= 0.3 is 0 Å². The van der Waals surface area contributed by atoms with Crippen LogP contribution < -0.4 is 5.32 Å². The zero-order valence-corrected chi connectivity index (χ0v) is 30.8. The van der Waals surface area contributed by atoms with Crippen molar-refractivity contribution >= 4 is 17.6 Å². The Hall–Kier alpha value is -4.09. The normalized spacial score (nSPS) is 23.2. The molecule has 2 amide bonds. The molecule has 1 aromatic heterocycles. The Bertz CT molecular complexity index is 1860. The van der Waals surface area contributed by atoms with E-state index in [2.05, 4.69) is 46.1 Å². The van der Waals surface area contributed by atoms with Gasteiger partial charge in [-0.15, -0.1) is 0 Å². The molecule has 6 nitrogen and oxygen atoms in total. The lowest BCUT2D eigenvalue weighted by molar-refractivity contribution is -0.164. The molecule has 2 atom stereocenters. The summed E-state index contributed by atoms with van der Waals surface area (Å²) >= 11 is 0. The molecule has 2 spiro atoms. The first-order valence-corrected chi connectivity index (χ1v) is 19.6. The summed E-state index contributed by atoms with van der Waals surface area (Å²) in [5.74, 6) is 5.95. The average Bonchev–Trinajstić information content (AvgIpc) is 3.84. The van der Waals surface area contributed by atoms with Crippen LogP contribution in [0.2, 0.25) is 0 Å². The van der Waals surface area contributed by atoms with Crippen molar-refractivity contribution in [1.29, 1.82) is 0 Å². The molecular weight excluding hydrogens is 655 g/mol. The fourth-order valence-corrected chi connectivity index (χ4v) is 9.54. The zero-order valence-electron chi connectivity index (χ0n) is 30.8. The summed E-state index contributed by atoms with van der Waals surface area (Å²) in [7, 11) is 0. The number of amides is 2. The van der Waals surface area contributed by atoms with Gasteiger partial charge in [-0.25, -0.2) is 13.8 Å². The van der Waals surface area contributed by atoms with Crippen LogP contribution in [-0.4, -0.2) is 51.8 Å². The second kappa shape index (κ2) is 15.1. The summed E-state index contributed by atoms with van der Waals surface area (Å²) in [6, 6.07) is 13.6. The number of halogens is 2. The highest BCUT2D eigenvalue weighted by Gasteiger charge is 2.57. The molecule has 4 aliphatic rings. The fraction of sp³-hybridized carbons (Fsp3) is 0.523. The van der Waals surface area contributed by atoms with Gasteiger partial charge in [0.15, 0.2) is 0 Å². The third-order valence-electron chi connectivity index (χ3n) is 12.4. The lowest BCUT2D eigenvalue weighted by atomic mass is 9.79. The SMILES string of the molecule is CCCCCCCCCCCN1C[C@@](C)(c2cc(F)cc(F)c2)N(CC#Cc2ccc3c(c2)C[C@@]2(C3)C(=O)Nc3ncccc32)C(=O)C12CCCC2. The van der Waals surface area contributed by atoms with Gasteiger partial charge in [-0.2, -0.15) is 0 Å². The molecular formula is C44H52F2N4O2. The van der Waals surface area contributed by atoms with Crippen LogP contribution >= 0.6 is 0 Å². The van der Waals surface area contributed by atoms with Crippen molar-refractivity contribution in [2.45, 2.75) is 127 Å². The van der Waals surface area contributed by atoms with Crippen molar-refractivity contribution < 1.29 is 18.4 Å². The summed E-state index contributed by atoms with van der Waals surface area (Å²) in [6.45, 7) is 5.62. The second-order valence-electron chi connectivity index (χ2n) is 15.9. The molecule has 274 valence electrons. The quantitative estimate of drug-likeness (QED) is 0.151. The molecule has 1 saturated carbocycles. The van der Waals surface area contributed by atoms with E-state index >= 15 is 0 Å². The first kappa shape index (κ1) is 36.3. The highest BCUT2D eigenvalue weighted by Crippen LogP contribution is 2.48. The number of unbranched alkanes of at least 4 members (excludes halogenated alkanes) is 8. The molecule has 3 heterocycles. The topological polar surface area (TPSA) is 65.5 Å². The maximum Gasteiger partial charge on any atom is 0.244 e. The van der Waals surface area contributed by atoms with E-state index in [9.17, 15) is 18.4 Å². The van der Waals surface area contributed by atoms with E-state index in [-0.39, 0.29) is 18.4 Å². The monoisotopic (exact) mass is 706 g/mol. The van der Waals surface area contributed by atoms with Gasteiger partial charge in [0.1, 0.15) is 23.0 Å². The lowest BCUT2D eigenvalue weighted by Crippen LogP contribution is -2.71. The molecule has 3 aromatic rings. The number of carbonyl (C=O) groups is 2. The zero-order chi connectivity index (χ0) is 36.3. The van der Waals surface area contributed by atoms with Crippen molar-refractivity contribution in [1.82, 2.24) is 14.8 Å². The highest BCUT2D eigenvalue weighted by molar-refractivity contribution is 6.06. The number of rotatable bonds is 12. The molecule has 2 aliphatic carbocycles. The van der Waals surface area contributed by atoms with Crippen molar-refractivity contribution in [3.05, 3.63) is 94.2 Å². The number of hydrogen-bond acceptors (Lipinski definition) is 4. The molecule has 1 N–H and O–H groups in total. The van der Waals surface area contributed by atoms with Crippen LogP contribution in [0.3, 0.4) is 0 Å². The van der Waals surface area contributed by atoms with Crippen molar-refractivity contribution in [3.63, 3.8) is 0 Å². The summed E-state index contributed by atoms with van der Waals surface area (Å²) in [4.78, 5) is 36.6. The number of benzene rings is 2. The van der Waals surface area contributed by atoms with E-state index in [1.807, 2.05) is 30.0 Å². The minimum absolute atomic E-state index is 0.0176. The van der Waals surface area contributed by atoms with Crippen LogP contribution in [0.25, 0.3) is 0 Å². The third kappa shape index (κ3) is 6.77. The number of hydrogen-bond donors (Lipinski definition) is 1. The largest absolute Gasteiger partial charge is 0.319 e. The number of carbonyl (C=O) groups excluding carboxylic acids is 2. The van der Waals surface area contributed by atoms with Crippen LogP contribution in [0.15, 0.2) is 54.7 Å². The number of fused-ring (bicyclic) bond motifs is 3. The van der Waals surface area contributed by atoms with E-state index in [0.29, 0.717) is 30.8 Å². The number of aromatic nitrogens is 1. The van der Waals surface area contributed by atoms with Gasteiger partial charge < -0.3 is 10.2 Å². The van der Waals surface area contributed by atoms with E-state index in [0.717, 1.165) is 73.4 Å². The van der Waals surface area contributed by atoms with Crippen molar-refractivity contribution in [2.75, 3.05) is 25.0 Å². The standard InChI is InChI=1S/C44H52F2N4O2/c1-3-4-5-6-7-8-9-10-13-23-49-31-42(2,35-26-36(45)28-37(46)27-35)50(41(52)44(49)20-11-12-21-44)24-15-16-32-18-19-33-29-43(30-34(33)25-32)38-17-14-22-47-39(38)48-40(43)51/h14,17-19,22,25-28H,3-13,20-21,23-24,29-31H2,1-2H3,(H,47,48,51)/t42-,43+/m0/s1. The van der Waals surface area contributed by atoms with Crippen LogP contribution in [-0.2, 0) is 33.4 Å². The second-order valence-corrected chi connectivity index (χ2v) is 15.9. The van der Waals surface area contributed by atoms with Gasteiger partial charge in [-0.05, 0) is 92.6 Å². The number of piperazine rings is 1. The lowest BCUT2D eigenvalue weighted by Gasteiger charge is -2.56. The highest BCUT2D eigenvalue weighted by atomic mass is 19.1. The Balaban J connectivity index is 1.11. The molecule has 8 heteroatoms. The van der Waals surface area contributed by atoms with Crippen LogP contribution in [0.1, 0.15) is 125 Å². The molecule has 52 heavy (non-hydrogen) atoms. The first-order chi connectivity index (χ1) is 25.2. The van der Waals surface area contributed by atoms with Gasteiger partial charge in [0.05, 0.1) is 17.5 Å². The van der Waals surface area contributed by atoms with Gasteiger partial charge in [-0.1, -0.05) is 95.1 Å². The maximum atomic E-state index is 14.8. The van der Waals surface area contributed by atoms with E-state index in [4.69, 9.17) is 0 Å². The van der Waals surface area contributed by atoms with Crippen LogP contribution in [0.4, 0.5) is 14.6 Å². The molecule has 2 aliphatic heterocycles. The predicted octanol–water partition coefficient (Wildman–Crippen LogP) is 8.60. The minimum Gasteiger partial charge on any atom is -0.319 e. The molecule has 2 fully saturated rings. The predicted molar refractivity (Wildman–Crippen MR) is 201 cm³/mol. The minimum atomic E-state index is -0.969. The van der Waals surface area contributed by atoms with E-state index < -0.39 is 28.1 Å². The summed E-state index contributed by atoms with van der Waals surface area (Å²) in [5.41, 5.74) is 2.18.